The Hall–Kier alpha value is -2.17. The SMILES string of the molecule is C[C@@H](O[C@H]1CC[C@H](CO)C(CO)[C@@H]1c1ccc(F)cc1)c1cc(C(F)(F)F)cc(C(F)(F)F)c1. The van der Waals surface area contributed by atoms with Gasteiger partial charge in [-0.2, -0.15) is 26.3 Å². The second-order valence-corrected chi connectivity index (χ2v) is 8.60. The van der Waals surface area contributed by atoms with Gasteiger partial charge in [-0.15, -0.1) is 0 Å². The molecule has 0 amide bonds. The van der Waals surface area contributed by atoms with E-state index in [2.05, 4.69) is 0 Å². The molecule has 10 heteroatoms. The molecular formula is C24H25F7O3. The Bertz CT molecular complexity index is 924. The van der Waals surface area contributed by atoms with E-state index in [1.165, 1.54) is 31.2 Å². The van der Waals surface area contributed by atoms with Crippen LogP contribution in [0.2, 0.25) is 0 Å². The molecule has 0 spiro atoms. The number of alkyl halides is 6. The lowest BCUT2D eigenvalue weighted by Crippen LogP contribution is -2.41. The average Bonchev–Trinajstić information content (AvgIpc) is 2.77. The number of hydrogen-bond acceptors (Lipinski definition) is 3. The third-order valence-electron chi connectivity index (χ3n) is 6.45. The second kappa shape index (κ2) is 10.2. The van der Waals surface area contributed by atoms with Gasteiger partial charge < -0.3 is 14.9 Å². The zero-order valence-electron chi connectivity index (χ0n) is 18.2. The largest absolute Gasteiger partial charge is 0.416 e. The molecule has 188 valence electrons. The highest BCUT2D eigenvalue weighted by Gasteiger charge is 2.42. The van der Waals surface area contributed by atoms with E-state index < -0.39 is 53.3 Å². The number of aliphatic hydroxyl groups excluding tert-OH is 2. The Labute approximate surface area is 192 Å². The zero-order chi connectivity index (χ0) is 25.3. The van der Waals surface area contributed by atoms with Crippen molar-refractivity contribution in [2.24, 2.45) is 11.8 Å². The first-order valence-corrected chi connectivity index (χ1v) is 10.8. The maximum atomic E-state index is 13.5. The molecule has 0 bridgehead atoms. The van der Waals surface area contributed by atoms with Crippen LogP contribution >= 0.6 is 0 Å². The van der Waals surface area contributed by atoms with Crippen molar-refractivity contribution in [3.63, 3.8) is 0 Å². The molecule has 2 N–H and O–H groups in total. The van der Waals surface area contributed by atoms with E-state index in [1.54, 1.807) is 0 Å². The lowest BCUT2D eigenvalue weighted by Gasteiger charge is -2.43. The average molecular weight is 494 g/mol. The van der Waals surface area contributed by atoms with E-state index in [0.29, 0.717) is 30.5 Å². The Kier molecular flexibility index (Phi) is 7.94. The van der Waals surface area contributed by atoms with Crippen molar-refractivity contribution >= 4 is 0 Å². The first-order valence-electron chi connectivity index (χ1n) is 10.8. The van der Waals surface area contributed by atoms with Gasteiger partial charge in [-0.3, -0.25) is 0 Å². The number of hydrogen-bond donors (Lipinski definition) is 2. The summed E-state index contributed by atoms with van der Waals surface area (Å²) in [6.07, 6.45) is -11.0. The van der Waals surface area contributed by atoms with Crippen LogP contribution < -0.4 is 0 Å². The van der Waals surface area contributed by atoms with Crippen LogP contribution in [0.4, 0.5) is 30.7 Å². The van der Waals surface area contributed by atoms with Crippen molar-refractivity contribution in [1.29, 1.82) is 0 Å². The Morgan fingerprint density at radius 1 is 0.882 bits per heavy atom. The molecule has 1 unspecified atom stereocenters. The molecule has 0 saturated heterocycles. The summed E-state index contributed by atoms with van der Waals surface area (Å²) in [5, 5.41) is 19.7. The van der Waals surface area contributed by atoms with Crippen LogP contribution in [0.3, 0.4) is 0 Å². The molecule has 0 aromatic heterocycles. The fourth-order valence-electron chi connectivity index (χ4n) is 4.68. The van der Waals surface area contributed by atoms with Gasteiger partial charge >= 0.3 is 12.4 Å². The predicted octanol–water partition coefficient (Wildman–Crippen LogP) is 6.10. The second-order valence-electron chi connectivity index (χ2n) is 8.60. The van der Waals surface area contributed by atoms with E-state index in [4.69, 9.17) is 4.74 Å². The molecule has 0 heterocycles. The van der Waals surface area contributed by atoms with E-state index in [-0.39, 0.29) is 30.8 Å². The van der Waals surface area contributed by atoms with Crippen LogP contribution in [0.5, 0.6) is 0 Å². The molecule has 1 fully saturated rings. The van der Waals surface area contributed by atoms with Crippen molar-refractivity contribution in [3.8, 4) is 0 Å². The first-order chi connectivity index (χ1) is 15.8. The first kappa shape index (κ1) is 26.4. The number of ether oxygens (including phenoxy) is 1. The van der Waals surface area contributed by atoms with Gasteiger partial charge in [0.25, 0.3) is 0 Å². The van der Waals surface area contributed by atoms with Gasteiger partial charge in [-0.25, -0.2) is 4.39 Å². The monoisotopic (exact) mass is 494 g/mol. The van der Waals surface area contributed by atoms with Gasteiger partial charge in [0, 0.05) is 19.1 Å². The summed E-state index contributed by atoms with van der Waals surface area (Å²) in [6, 6.07) is 6.76. The van der Waals surface area contributed by atoms with Gasteiger partial charge in [0.1, 0.15) is 5.82 Å². The fourth-order valence-corrected chi connectivity index (χ4v) is 4.68. The highest BCUT2D eigenvalue weighted by Crippen LogP contribution is 2.45. The topological polar surface area (TPSA) is 49.7 Å². The van der Waals surface area contributed by atoms with Gasteiger partial charge in [-0.05, 0) is 73.1 Å². The van der Waals surface area contributed by atoms with Crippen LogP contribution in [0, 0.1) is 17.7 Å². The Morgan fingerprint density at radius 2 is 1.44 bits per heavy atom. The number of halogens is 7. The molecule has 0 aliphatic heterocycles. The molecule has 2 aromatic carbocycles. The summed E-state index contributed by atoms with van der Waals surface area (Å²) in [6.45, 7) is 0.820. The van der Waals surface area contributed by atoms with Crippen molar-refractivity contribution in [2.45, 2.75) is 50.2 Å². The summed E-state index contributed by atoms with van der Waals surface area (Å²) in [5.41, 5.74) is -2.55. The van der Waals surface area contributed by atoms with Crippen LogP contribution in [0.25, 0.3) is 0 Å². The summed E-state index contributed by atoms with van der Waals surface area (Å²) in [5.74, 6) is -1.82. The van der Waals surface area contributed by atoms with Gasteiger partial charge in [0.05, 0.1) is 23.3 Å². The lowest BCUT2D eigenvalue weighted by atomic mass is 9.68. The standard InChI is InChI=1S/C24H25F7O3/c1-13(16-8-17(23(26,27)28)10-18(9-16)24(29,30)31)34-21-7-4-15(11-32)20(12-33)22(21)14-2-5-19(25)6-3-14/h2-3,5-6,8-10,13,15,20-22,32-33H,4,7,11-12H2,1H3/t13-,15-,20?,21+,22+/m1/s1. The summed E-state index contributed by atoms with van der Waals surface area (Å²) >= 11 is 0. The summed E-state index contributed by atoms with van der Waals surface area (Å²) < 4.78 is 99.1. The van der Waals surface area contributed by atoms with Gasteiger partial charge in [0.2, 0.25) is 0 Å². The van der Waals surface area contributed by atoms with Crippen molar-refractivity contribution in [2.75, 3.05) is 13.2 Å². The van der Waals surface area contributed by atoms with Crippen molar-refractivity contribution in [3.05, 3.63) is 70.5 Å². The fraction of sp³-hybridized carbons (Fsp3) is 0.500. The molecule has 1 aliphatic carbocycles. The number of benzene rings is 2. The van der Waals surface area contributed by atoms with Crippen molar-refractivity contribution < 1.29 is 45.7 Å². The number of rotatable bonds is 6. The summed E-state index contributed by atoms with van der Waals surface area (Å²) in [7, 11) is 0. The lowest BCUT2D eigenvalue weighted by molar-refractivity contribution is -0.143. The minimum Gasteiger partial charge on any atom is -0.396 e. The van der Waals surface area contributed by atoms with Crippen LogP contribution in [-0.2, 0) is 17.1 Å². The van der Waals surface area contributed by atoms with Gasteiger partial charge in [-0.1, -0.05) is 12.1 Å². The Morgan fingerprint density at radius 3 is 1.91 bits per heavy atom. The van der Waals surface area contributed by atoms with Crippen LogP contribution in [0.1, 0.15) is 54.0 Å². The predicted molar refractivity (Wildman–Crippen MR) is 109 cm³/mol. The molecule has 5 atom stereocenters. The normalized spacial score (nSPS) is 24.8. The van der Waals surface area contributed by atoms with Crippen LogP contribution in [-0.4, -0.2) is 29.5 Å². The minimum atomic E-state index is -4.98. The molecule has 1 aliphatic rings. The highest BCUT2D eigenvalue weighted by atomic mass is 19.4. The van der Waals surface area contributed by atoms with E-state index in [1.807, 2.05) is 0 Å². The highest BCUT2D eigenvalue weighted by molar-refractivity contribution is 5.35. The third kappa shape index (κ3) is 5.90. The molecule has 3 nitrogen and oxygen atoms in total. The quantitative estimate of drug-likeness (QED) is 0.477. The molecule has 3 rings (SSSR count). The molecule has 2 aromatic rings. The van der Waals surface area contributed by atoms with Gasteiger partial charge in [0.15, 0.2) is 0 Å². The van der Waals surface area contributed by atoms with E-state index in [0.717, 1.165) is 0 Å². The van der Waals surface area contributed by atoms with E-state index in [9.17, 15) is 40.9 Å². The Balaban J connectivity index is 1.97. The number of aliphatic hydroxyl groups is 2. The zero-order valence-corrected chi connectivity index (χ0v) is 18.2. The molecule has 1 saturated carbocycles. The molecular weight excluding hydrogens is 469 g/mol. The molecule has 0 radical (unpaired) electrons. The van der Waals surface area contributed by atoms with Crippen LogP contribution in [0.15, 0.2) is 42.5 Å². The maximum Gasteiger partial charge on any atom is 0.416 e. The van der Waals surface area contributed by atoms with Crippen molar-refractivity contribution in [1.82, 2.24) is 0 Å². The molecule has 34 heavy (non-hydrogen) atoms. The minimum absolute atomic E-state index is 0.0613. The summed E-state index contributed by atoms with van der Waals surface area (Å²) in [4.78, 5) is 0. The maximum absolute atomic E-state index is 13.5. The van der Waals surface area contributed by atoms with E-state index >= 15 is 0 Å². The third-order valence-corrected chi connectivity index (χ3v) is 6.45. The smallest absolute Gasteiger partial charge is 0.396 e.